The molecule has 1 saturated carbocycles. The Kier molecular flexibility index (Phi) is 15.8. The molecule has 4 atom stereocenters. The third-order valence-electron chi connectivity index (χ3n) is 10.5. The summed E-state index contributed by atoms with van der Waals surface area (Å²) in [6.07, 6.45) is 4.02. The van der Waals surface area contributed by atoms with Crippen molar-refractivity contribution < 1.29 is 28.7 Å². The number of hydrogen-bond acceptors (Lipinski definition) is 7. The lowest BCUT2D eigenvalue weighted by molar-refractivity contribution is -0.136. The van der Waals surface area contributed by atoms with Crippen LogP contribution in [-0.2, 0) is 41.6 Å². The quantitative estimate of drug-likeness (QED) is 0.159. The van der Waals surface area contributed by atoms with Gasteiger partial charge in [-0.15, -0.1) is 0 Å². The van der Waals surface area contributed by atoms with Gasteiger partial charge in [0.2, 0.25) is 11.8 Å². The first-order chi connectivity index (χ1) is 24.8. The van der Waals surface area contributed by atoms with Gasteiger partial charge in [0.25, 0.3) is 0 Å². The maximum atomic E-state index is 14.2. The van der Waals surface area contributed by atoms with Crippen molar-refractivity contribution in [1.82, 2.24) is 15.5 Å². The molecule has 0 aromatic heterocycles. The Balaban J connectivity index is 1.51. The van der Waals surface area contributed by atoms with E-state index in [0.29, 0.717) is 58.4 Å². The standard InChI is InChI=1S/C43H61N3O6/c1-30(2)24-37(44-41(50)34(17-16-32-12-8-6-9-13-32)27-36(47)29-46-20-22-52-23-21-46)39(48)28-35(26-33-14-10-7-11-15-33)42(51)45-38(25-31(3)4)40(49)43(5)18-19-43/h6-15,30-31,34-35,37-38H,16-29H2,1-5H3,(H,44,50)(H,45,51)/t34-,35?,37+,38+/m1/s1. The van der Waals surface area contributed by atoms with Gasteiger partial charge in [0.15, 0.2) is 11.6 Å². The summed E-state index contributed by atoms with van der Waals surface area (Å²) in [5.74, 6) is -1.83. The Morgan fingerprint density at radius 3 is 1.85 bits per heavy atom. The summed E-state index contributed by atoms with van der Waals surface area (Å²) in [4.78, 5) is 71.2. The largest absolute Gasteiger partial charge is 0.379 e. The minimum absolute atomic E-state index is 0.00741. The number of morpholine rings is 1. The van der Waals surface area contributed by atoms with Crippen LogP contribution in [0.5, 0.6) is 0 Å². The fraction of sp³-hybridized carbons (Fsp3) is 0.605. The van der Waals surface area contributed by atoms with Crippen LogP contribution in [0.25, 0.3) is 0 Å². The van der Waals surface area contributed by atoms with Crippen LogP contribution in [0.3, 0.4) is 0 Å². The van der Waals surface area contributed by atoms with Crippen LogP contribution < -0.4 is 10.6 Å². The third kappa shape index (κ3) is 13.4. The zero-order valence-electron chi connectivity index (χ0n) is 32.0. The normalized spacial score (nSPS) is 17.9. The van der Waals surface area contributed by atoms with Crippen molar-refractivity contribution in [3.8, 4) is 0 Å². The van der Waals surface area contributed by atoms with Crippen molar-refractivity contribution in [2.45, 2.75) is 104 Å². The van der Waals surface area contributed by atoms with E-state index in [1.165, 1.54) is 0 Å². The lowest BCUT2D eigenvalue weighted by Gasteiger charge is -2.28. The summed E-state index contributed by atoms with van der Waals surface area (Å²) in [6.45, 7) is 12.8. The van der Waals surface area contributed by atoms with E-state index in [-0.39, 0.29) is 60.4 Å². The van der Waals surface area contributed by atoms with Gasteiger partial charge in [-0.3, -0.25) is 28.9 Å². The maximum Gasteiger partial charge on any atom is 0.224 e. The second-order valence-electron chi connectivity index (χ2n) is 16.2. The van der Waals surface area contributed by atoms with Crippen LogP contribution in [0.4, 0.5) is 0 Å². The summed E-state index contributed by atoms with van der Waals surface area (Å²) >= 11 is 0. The van der Waals surface area contributed by atoms with Gasteiger partial charge in [0.1, 0.15) is 5.78 Å². The lowest BCUT2D eigenvalue weighted by Crippen LogP contribution is -2.49. The van der Waals surface area contributed by atoms with Crippen molar-refractivity contribution in [2.24, 2.45) is 29.1 Å². The minimum Gasteiger partial charge on any atom is -0.379 e. The number of ketones is 3. The van der Waals surface area contributed by atoms with Crippen LogP contribution in [0.15, 0.2) is 60.7 Å². The molecule has 1 saturated heterocycles. The van der Waals surface area contributed by atoms with Gasteiger partial charge in [-0.25, -0.2) is 0 Å². The van der Waals surface area contributed by atoms with E-state index in [0.717, 1.165) is 24.0 Å². The first-order valence-electron chi connectivity index (χ1n) is 19.4. The highest BCUT2D eigenvalue weighted by Crippen LogP contribution is 2.47. The Morgan fingerprint density at radius 2 is 1.27 bits per heavy atom. The fourth-order valence-corrected chi connectivity index (χ4v) is 7.08. The van der Waals surface area contributed by atoms with Crippen molar-refractivity contribution >= 4 is 29.2 Å². The summed E-state index contributed by atoms with van der Waals surface area (Å²) in [7, 11) is 0. The Labute approximate surface area is 311 Å². The zero-order chi connectivity index (χ0) is 37.7. The number of nitrogens with one attached hydrogen (secondary N) is 2. The van der Waals surface area contributed by atoms with Gasteiger partial charge in [-0.2, -0.15) is 0 Å². The Bertz CT molecular complexity index is 1470. The number of carbonyl (C=O) groups excluding carboxylic acids is 5. The van der Waals surface area contributed by atoms with Crippen LogP contribution in [-0.4, -0.2) is 79.0 Å². The number of nitrogens with zero attached hydrogens (tertiary/aromatic N) is 1. The number of hydrogen-bond donors (Lipinski definition) is 2. The molecule has 1 unspecified atom stereocenters. The Morgan fingerprint density at radius 1 is 0.731 bits per heavy atom. The van der Waals surface area contributed by atoms with E-state index in [1.54, 1.807) is 0 Å². The number of aryl methyl sites for hydroxylation is 1. The SMILES string of the molecule is CC(C)C[C@H](NC(=O)[C@H](CCc1ccccc1)CC(=O)CN1CCOCC1)C(=O)CC(Cc1ccccc1)C(=O)N[C@@H](CC(C)C)C(=O)C1(C)CC1. The van der Waals surface area contributed by atoms with Gasteiger partial charge in [0, 0.05) is 43.2 Å². The van der Waals surface area contributed by atoms with Gasteiger partial charge >= 0.3 is 0 Å². The molecule has 2 aromatic carbocycles. The van der Waals surface area contributed by atoms with Crippen LogP contribution in [0, 0.1) is 29.1 Å². The predicted octanol–water partition coefficient (Wildman–Crippen LogP) is 5.78. The van der Waals surface area contributed by atoms with Gasteiger partial charge in [-0.1, -0.05) is 95.3 Å². The molecule has 284 valence electrons. The second-order valence-corrected chi connectivity index (χ2v) is 16.2. The highest BCUT2D eigenvalue weighted by molar-refractivity contribution is 5.97. The highest BCUT2D eigenvalue weighted by Gasteiger charge is 2.48. The fourth-order valence-electron chi connectivity index (χ4n) is 7.08. The number of amides is 2. The number of benzene rings is 2. The monoisotopic (exact) mass is 715 g/mol. The summed E-state index contributed by atoms with van der Waals surface area (Å²) in [6, 6.07) is 18.1. The molecule has 4 rings (SSSR count). The number of carbonyl (C=O) groups is 5. The topological polar surface area (TPSA) is 122 Å². The van der Waals surface area contributed by atoms with Gasteiger partial charge in [0.05, 0.1) is 31.8 Å². The number of Topliss-reactive ketones (excluding diaryl/α,β-unsaturated/α-hetero) is 3. The predicted molar refractivity (Wildman–Crippen MR) is 204 cm³/mol. The van der Waals surface area contributed by atoms with Crippen molar-refractivity contribution in [3.63, 3.8) is 0 Å². The molecule has 2 N–H and O–H groups in total. The summed E-state index contributed by atoms with van der Waals surface area (Å²) in [5.41, 5.74) is 1.60. The zero-order valence-corrected chi connectivity index (χ0v) is 32.0. The van der Waals surface area contributed by atoms with Crippen LogP contribution in [0.1, 0.15) is 90.7 Å². The molecule has 2 aromatic rings. The third-order valence-corrected chi connectivity index (χ3v) is 10.5. The van der Waals surface area contributed by atoms with E-state index in [9.17, 15) is 24.0 Å². The van der Waals surface area contributed by atoms with E-state index < -0.39 is 29.3 Å². The molecular formula is C43H61N3O6. The van der Waals surface area contributed by atoms with Crippen molar-refractivity contribution in [2.75, 3.05) is 32.8 Å². The van der Waals surface area contributed by atoms with Gasteiger partial charge in [-0.05, 0) is 67.9 Å². The lowest BCUT2D eigenvalue weighted by atomic mass is 9.87. The molecule has 2 amide bonds. The van der Waals surface area contributed by atoms with E-state index >= 15 is 0 Å². The van der Waals surface area contributed by atoms with Gasteiger partial charge < -0.3 is 15.4 Å². The smallest absolute Gasteiger partial charge is 0.224 e. The first kappa shape index (κ1) is 41.1. The first-order valence-corrected chi connectivity index (χ1v) is 19.4. The molecule has 9 heteroatoms. The van der Waals surface area contributed by atoms with E-state index in [2.05, 4.69) is 15.5 Å². The minimum atomic E-state index is -0.814. The summed E-state index contributed by atoms with van der Waals surface area (Å²) < 4.78 is 5.43. The van der Waals surface area contributed by atoms with Crippen molar-refractivity contribution in [1.29, 1.82) is 0 Å². The molecule has 1 aliphatic carbocycles. The molecule has 1 heterocycles. The Hall–Kier alpha value is -3.69. The molecule has 2 fully saturated rings. The summed E-state index contributed by atoms with van der Waals surface area (Å²) in [5, 5.41) is 6.12. The molecule has 2 aliphatic rings. The van der Waals surface area contributed by atoms with E-state index in [4.69, 9.17) is 4.74 Å². The molecular weight excluding hydrogens is 654 g/mol. The second kappa shape index (κ2) is 20.0. The molecule has 9 nitrogen and oxygen atoms in total. The molecule has 1 aliphatic heterocycles. The van der Waals surface area contributed by atoms with Crippen LogP contribution >= 0.6 is 0 Å². The molecule has 0 bridgehead atoms. The maximum absolute atomic E-state index is 14.2. The molecule has 52 heavy (non-hydrogen) atoms. The number of ether oxygens (including phenoxy) is 1. The molecule has 0 spiro atoms. The average molecular weight is 716 g/mol. The van der Waals surface area contributed by atoms with Crippen LogP contribution in [0.2, 0.25) is 0 Å². The number of rotatable bonds is 22. The highest BCUT2D eigenvalue weighted by atomic mass is 16.5. The van der Waals surface area contributed by atoms with E-state index in [1.807, 2.05) is 95.3 Å². The van der Waals surface area contributed by atoms with Crippen molar-refractivity contribution in [3.05, 3.63) is 71.8 Å². The average Bonchev–Trinajstić information content (AvgIpc) is 3.87. The molecule has 0 radical (unpaired) electrons.